The summed E-state index contributed by atoms with van der Waals surface area (Å²) in [5.74, 6) is 0.821. The molecule has 0 unspecified atom stereocenters. The molecule has 26 heavy (non-hydrogen) atoms. The van der Waals surface area contributed by atoms with E-state index in [0.717, 1.165) is 16.7 Å². The van der Waals surface area contributed by atoms with Crippen LogP contribution in [0.5, 0.6) is 11.5 Å². The van der Waals surface area contributed by atoms with Crippen LogP contribution in [0.3, 0.4) is 0 Å². The number of esters is 1. The molecule has 4 heteroatoms. The molecule has 1 aliphatic heterocycles. The van der Waals surface area contributed by atoms with E-state index in [-0.39, 0.29) is 18.6 Å². The largest absolute Gasteiger partial charge is 0.485 e. The van der Waals surface area contributed by atoms with E-state index in [0.29, 0.717) is 11.5 Å². The highest BCUT2D eigenvalue weighted by Gasteiger charge is 2.29. The Kier molecular flexibility index (Phi) is 4.94. The van der Waals surface area contributed by atoms with Crippen molar-refractivity contribution >= 4 is 5.97 Å². The minimum absolute atomic E-state index is 0.0887. The summed E-state index contributed by atoms with van der Waals surface area (Å²) in [6.45, 7) is 11.1. The first kappa shape index (κ1) is 18.3. The number of benzene rings is 2. The third-order valence-electron chi connectivity index (χ3n) is 4.69. The van der Waals surface area contributed by atoms with Gasteiger partial charge in [-0.15, -0.1) is 0 Å². The van der Waals surface area contributed by atoms with Crippen LogP contribution < -0.4 is 9.47 Å². The Morgan fingerprint density at radius 2 is 1.73 bits per heavy atom. The number of fused-ring (bicyclic) bond motifs is 1. The van der Waals surface area contributed by atoms with Crippen LogP contribution in [-0.4, -0.2) is 18.7 Å². The van der Waals surface area contributed by atoms with Crippen molar-refractivity contribution < 1.29 is 19.0 Å². The molecule has 0 bridgehead atoms. The maximum Gasteiger partial charge on any atom is 0.351 e. The zero-order valence-electron chi connectivity index (χ0n) is 16.1. The number of aryl methyl sites for hydroxylation is 2. The lowest BCUT2D eigenvalue weighted by atomic mass is 9.84. The Morgan fingerprint density at radius 3 is 2.35 bits per heavy atom. The van der Waals surface area contributed by atoms with Gasteiger partial charge in [-0.25, -0.2) is 4.79 Å². The summed E-state index contributed by atoms with van der Waals surface area (Å²) < 4.78 is 16.8. The van der Waals surface area contributed by atoms with E-state index in [1.165, 1.54) is 5.56 Å². The lowest BCUT2D eigenvalue weighted by Gasteiger charge is -2.25. The van der Waals surface area contributed by atoms with E-state index >= 15 is 0 Å². The Bertz CT molecular complexity index is 794. The molecule has 1 atom stereocenters. The standard InChI is InChI=1S/C22H26O4/c1-14-10-16(22(3,4)5)11-15(2)17(14)12-25-21(23)20-13-24-18-8-6-7-9-19(18)26-20/h6-11,20H,12-13H2,1-5H3/t20-/m1/s1. The molecule has 0 aliphatic carbocycles. The molecule has 2 aromatic carbocycles. The summed E-state index contributed by atoms with van der Waals surface area (Å²) >= 11 is 0. The van der Waals surface area contributed by atoms with Gasteiger partial charge in [-0.05, 0) is 53.6 Å². The molecular formula is C22H26O4. The van der Waals surface area contributed by atoms with Crippen LogP contribution in [0.2, 0.25) is 0 Å². The van der Waals surface area contributed by atoms with Crippen molar-refractivity contribution in [3.8, 4) is 11.5 Å². The number of para-hydroxylation sites is 2. The van der Waals surface area contributed by atoms with Gasteiger partial charge >= 0.3 is 5.97 Å². The number of ether oxygens (including phenoxy) is 3. The SMILES string of the molecule is Cc1cc(C(C)(C)C)cc(C)c1COC(=O)[C@H]1COc2ccccc2O1. The Morgan fingerprint density at radius 1 is 1.12 bits per heavy atom. The summed E-state index contributed by atoms with van der Waals surface area (Å²) in [5, 5.41) is 0. The first-order valence-corrected chi connectivity index (χ1v) is 8.91. The van der Waals surface area contributed by atoms with E-state index in [1.54, 1.807) is 6.07 Å². The molecule has 4 nitrogen and oxygen atoms in total. The van der Waals surface area contributed by atoms with Crippen molar-refractivity contribution in [3.05, 3.63) is 58.7 Å². The second-order valence-corrected chi connectivity index (χ2v) is 7.81. The van der Waals surface area contributed by atoms with Crippen LogP contribution >= 0.6 is 0 Å². The van der Waals surface area contributed by atoms with Crippen molar-refractivity contribution in [1.82, 2.24) is 0 Å². The highest BCUT2D eigenvalue weighted by Crippen LogP contribution is 2.31. The minimum Gasteiger partial charge on any atom is -0.485 e. The fourth-order valence-electron chi connectivity index (χ4n) is 3.03. The first-order valence-electron chi connectivity index (χ1n) is 8.91. The fourth-order valence-corrected chi connectivity index (χ4v) is 3.03. The molecule has 138 valence electrons. The number of carbonyl (C=O) groups excluding carboxylic acids is 1. The van der Waals surface area contributed by atoms with Gasteiger partial charge in [0, 0.05) is 0 Å². The highest BCUT2D eigenvalue weighted by molar-refractivity contribution is 5.76. The topological polar surface area (TPSA) is 44.8 Å². The Balaban J connectivity index is 1.67. The smallest absolute Gasteiger partial charge is 0.351 e. The quantitative estimate of drug-likeness (QED) is 0.762. The van der Waals surface area contributed by atoms with E-state index in [2.05, 4.69) is 46.8 Å². The normalized spacial score (nSPS) is 16.3. The zero-order chi connectivity index (χ0) is 18.9. The molecule has 1 heterocycles. The first-order chi connectivity index (χ1) is 12.3. The van der Waals surface area contributed by atoms with Crippen LogP contribution in [0.15, 0.2) is 36.4 Å². The van der Waals surface area contributed by atoms with Gasteiger partial charge in [0.25, 0.3) is 0 Å². The second kappa shape index (κ2) is 7.02. The second-order valence-electron chi connectivity index (χ2n) is 7.81. The zero-order valence-corrected chi connectivity index (χ0v) is 16.1. The predicted octanol–water partition coefficient (Wildman–Crippen LogP) is 4.48. The molecule has 2 aromatic rings. The summed E-state index contributed by atoms with van der Waals surface area (Å²) in [6, 6.07) is 11.7. The van der Waals surface area contributed by atoms with Crippen LogP contribution in [0.25, 0.3) is 0 Å². The van der Waals surface area contributed by atoms with Crippen molar-refractivity contribution in [2.45, 2.75) is 52.7 Å². The third kappa shape index (κ3) is 3.85. The Hall–Kier alpha value is -2.49. The van der Waals surface area contributed by atoms with Gasteiger partial charge in [-0.2, -0.15) is 0 Å². The van der Waals surface area contributed by atoms with Crippen LogP contribution in [0, 0.1) is 13.8 Å². The van der Waals surface area contributed by atoms with Crippen molar-refractivity contribution in [3.63, 3.8) is 0 Å². The van der Waals surface area contributed by atoms with Gasteiger partial charge in [0.05, 0.1) is 0 Å². The van der Waals surface area contributed by atoms with Crippen LogP contribution in [-0.2, 0) is 21.6 Å². The molecule has 0 aromatic heterocycles. The molecule has 1 aliphatic rings. The third-order valence-corrected chi connectivity index (χ3v) is 4.69. The summed E-state index contributed by atoms with van der Waals surface area (Å²) in [5.41, 5.74) is 4.68. The van der Waals surface area contributed by atoms with E-state index in [9.17, 15) is 4.79 Å². The maximum atomic E-state index is 12.4. The van der Waals surface area contributed by atoms with Crippen LogP contribution in [0.1, 0.15) is 43.0 Å². The summed E-state index contributed by atoms with van der Waals surface area (Å²) in [7, 11) is 0. The molecule has 0 saturated carbocycles. The molecule has 0 amide bonds. The average molecular weight is 354 g/mol. The number of rotatable bonds is 3. The van der Waals surface area contributed by atoms with Crippen molar-refractivity contribution in [1.29, 1.82) is 0 Å². The lowest BCUT2D eigenvalue weighted by molar-refractivity contribution is -0.155. The van der Waals surface area contributed by atoms with Crippen LogP contribution in [0.4, 0.5) is 0 Å². The molecule has 0 saturated heterocycles. The van der Waals surface area contributed by atoms with E-state index < -0.39 is 12.1 Å². The van der Waals surface area contributed by atoms with Gasteiger partial charge in [-0.3, -0.25) is 0 Å². The minimum atomic E-state index is -0.737. The van der Waals surface area contributed by atoms with E-state index in [1.807, 2.05) is 18.2 Å². The maximum absolute atomic E-state index is 12.4. The lowest BCUT2D eigenvalue weighted by Crippen LogP contribution is -2.37. The highest BCUT2D eigenvalue weighted by atomic mass is 16.6. The van der Waals surface area contributed by atoms with Gasteiger partial charge in [-0.1, -0.05) is 45.0 Å². The van der Waals surface area contributed by atoms with Crippen molar-refractivity contribution in [2.24, 2.45) is 0 Å². The number of hydrogen-bond donors (Lipinski definition) is 0. The molecule has 0 N–H and O–H groups in total. The summed E-state index contributed by atoms with van der Waals surface area (Å²) in [6.07, 6.45) is -0.737. The van der Waals surface area contributed by atoms with Gasteiger partial charge in [0.15, 0.2) is 11.5 Å². The monoisotopic (exact) mass is 354 g/mol. The van der Waals surface area contributed by atoms with E-state index in [4.69, 9.17) is 14.2 Å². The van der Waals surface area contributed by atoms with Gasteiger partial charge in [0.1, 0.15) is 13.2 Å². The molecule has 0 radical (unpaired) electrons. The fraction of sp³-hybridized carbons (Fsp3) is 0.409. The molecule has 0 fully saturated rings. The average Bonchev–Trinajstić information content (AvgIpc) is 2.59. The molecule has 0 spiro atoms. The number of hydrogen-bond acceptors (Lipinski definition) is 4. The Labute approximate surface area is 155 Å². The molecular weight excluding hydrogens is 328 g/mol. The van der Waals surface area contributed by atoms with Gasteiger partial charge < -0.3 is 14.2 Å². The van der Waals surface area contributed by atoms with Gasteiger partial charge in [0.2, 0.25) is 6.10 Å². The predicted molar refractivity (Wildman–Crippen MR) is 101 cm³/mol. The number of carbonyl (C=O) groups is 1. The summed E-state index contributed by atoms with van der Waals surface area (Å²) in [4.78, 5) is 12.4. The van der Waals surface area contributed by atoms with Crippen molar-refractivity contribution in [2.75, 3.05) is 6.61 Å². The molecule has 3 rings (SSSR count).